The van der Waals surface area contributed by atoms with Gasteiger partial charge >= 0.3 is 5.97 Å². The summed E-state index contributed by atoms with van der Waals surface area (Å²) in [5.41, 5.74) is 3.12. The van der Waals surface area contributed by atoms with Crippen LogP contribution in [0.15, 0.2) is 24.3 Å². The second-order valence-electron chi connectivity index (χ2n) is 10.4. The second kappa shape index (κ2) is 11.9. The number of esters is 1. The lowest BCUT2D eigenvalue weighted by atomic mass is 9.65. The van der Waals surface area contributed by atoms with Crippen molar-refractivity contribution < 1.29 is 33.6 Å². The molecular formula is C26H35N4O7P3. The van der Waals surface area contributed by atoms with E-state index in [-0.39, 0.29) is 43.5 Å². The van der Waals surface area contributed by atoms with Crippen LogP contribution in [-0.4, -0.2) is 78.4 Å². The summed E-state index contributed by atoms with van der Waals surface area (Å²) in [6, 6.07) is 6.94. The van der Waals surface area contributed by atoms with E-state index in [2.05, 4.69) is 33.5 Å². The average molecular weight is 609 g/mol. The number of nitrogens with zero attached hydrogens (tertiary/aromatic N) is 3. The van der Waals surface area contributed by atoms with Gasteiger partial charge in [0.1, 0.15) is 0 Å². The number of cyclic esters (lactones) is 1. The normalized spacial score (nSPS) is 22.9. The van der Waals surface area contributed by atoms with Crippen molar-refractivity contribution in [2.45, 2.75) is 18.9 Å². The van der Waals surface area contributed by atoms with Crippen LogP contribution in [-0.2, 0) is 14.3 Å². The van der Waals surface area contributed by atoms with Gasteiger partial charge in [0.25, 0.3) is 0 Å². The first kappa shape index (κ1) is 29.2. The summed E-state index contributed by atoms with van der Waals surface area (Å²) in [5, 5.41) is 13.7. The number of aryl methyl sites for hydroxylation is 1. The molecule has 11 nitrogen and oxygen atoms in total. The number of phenolic OH excluding ortho intramolecular Hbond substituents is 1. The molecule has 40 heavy (non-hydrogen) atoms. The second-order valence-corrected chi connectivity index (χ2v) is 12.8. The number of benzene rings is 2. The minimum absolute atomic E-state index is 0.0547. The van der Waals surface area contributed by atoms with E-state index in [0.29, 0.717) is 36.1 Å². The highest BCUT2D eigenvalue weighted by atomic mass is 31.0. The maximum Gasteiger partial charge on any atom is 0.310 e. The van der Waals surface area contributed by atoms with Crippen molar-refractivity contribution in [2.24, 2.45) is 11.8 Å². The van der Waals surface area contributed by atoms with Gasteiger partial charge in [0, 0.05) is 11.8 Å². The number of aromatic hydroxyl groups is 1. The zero-order valence-electron chi connectivity index (χ0n) is 22.6. The third kappa shape index (κ3) is 5.74. The lowest BCUT2D eigenvalue weighted by Crippen LogP contribution is -2.45. The van der Waals surface area contributed by atoms with Crippen LogP contribution in [0.25, 0.3) is 0 Å². The molecule has 7 atom stereocenters. The molecule has 0 spiro atoms. The van der Waals surface area contributed by atoms with E-state index in [1.54, 1.807) is 13.0 Å². The fourth-order valence-corrected chi connectivity index (χ4v) is 7.30. The van der Waals surface area contributed by atoms with Crippen LogP contribution in [0.1, 0.15) is 34.2 Å². The summed E-state index contributed by atoms with van der Waals surface area (Å²) in [6.07, 6.45) is 0. The third-order valence-electron chi connectivity index (χ3n) is 7.49. The quantitative estimate of drug-likeness (QED) is 0.250. The molecule has 216 valence electrons. The van der Waals surface area contributed by atoms with Crippen LogP contribution in [0.4, 0.5) is 0 Å². The number of nitrogens with one attached hydrogen (secondary N) is 1. The Balaban J connectivity index is 1.51. The van der Waals surface area contributed by atoms with Crippen LogP contribution >= 0.6 is 28.2 Å². The Labute approximate surface area is 240 Å². The SMILES string of the molecule is COc1cc(C2c3cc4c(cc3[C@@H](NC(=O)CN(P)CN(P)CN(C)P)[C@H]3COC(=O)C23)OCO4)cc(C)c1O. The van der Waals surface area contributed by atoms with Crippen LogP contribution in [0.3, 0.4) is 0 Å². The molecule has 2 heterocycles. The van der Waals surface area contributed by atoms with Crippen LogP contribution < -0.4 is 19.5 Å². The molecule has 1 aliphatic carbocycles. The van der Waals surface area contributed by atoms with Gasteiger partial charge in [-0.25, -0.2) is 0 Å². The highest BCUT2D eigenvalue weighted by molar-refractivity contribution is 7.15. The minimum atomic E-state index is -0.556. The minimum Gasteiger partial charge on any atom is -0.504 e. The van der Waals surface area contributed by atoms with Gasteiger partial charge in [-0.3, -0.25) is 23.6 Å². The molecule has 1 amide bonds. The molecule has 2 aromatic rings. The average Bonchev–Trinajstić information content (AvgIpc) is 3.50. The Hall–Kier alpha value is -2.25. The fourth-order valence-electron chi connectivity index (χ4n) is 5.88. The Bertz CT molecular complexity index is 1310. The standard InChI is InChI=1S/C26H35N4O7P3/c1-13-4-14(5-20(34-3)25(13)32)22-15-6-18-19(37-12-36-18)7-16(15)24(17-9-35-26(33)23(17)22)27-21(31)8-29(39)11-30(40)10-28(2)38/h4-7,17,22-24,32H,8-12,38-40H2,1-3H3,(H,27,31)/t17-,22?,23?,24+/m0/s1. The molecule has 2 aliphatic heterocycles. The number of methoxy groups -OCH3 is 1. The molecule has 3 aliphatic rings. The van der Waals surface area contributed by atoms with Crippen molar-refractivity contribution >= 4 is 40.0 Å². The molecule has 0 bridgehead atoms. The first-order valence-corrected chi connectivity index (χ1v) is 14.3. The first-order valence-electron chi connectivity index (χ1n) is 12.8. The van der Waals surface area contributed by atoms with Crippen molar-refractivity contribution in [1.82, 2.24) is 19.3 Å². The van der Waals surface area contributed by atoms with Gasteiger partial charge in [0.15, 0.2) is 23.0 Å². The maximum atomic E-state index is 13.3. The molecule has 0 aromatic heterocycles. The Kier molecular flexibility index (Phi) is 8.72. The maximum absolute atomic E-state index is 13.3. The van der Waals surface area contributed by atoms with Crippen LogP contribution in [0.2, 0.25) is 0 Å². The van der Waals surface area contributed by atoms with E-state index in [4.69, 9.17) is 18.9 Å². The number of hydrogen-bond acceptors (Lipinski definition) is 10. The Morgan fingerprint density at radius 3 is 2.45 bits per heavy atom. The summed E-state index contributed by atoms with van der Waals surface area (Å²) in [7, 11) is 11.3. The highest BCUT2D eigenvalue weighted by Crippen LogP contribution is 2.55. The molecular weight excluding hydrogens is 573 g/mol. The zero-order valence-corrected chi connectivity index (χ0v) is 26.1. The van der Waals surface area contributed by atoms with Crippen molar-refractivity contribution in [3.8, 4) is 23.0 Å². The summed E-state index contributed by atoms with van der Waals surface area (Å²) in [4.78, 5) is 26.6. The molecule has 14 heteroatoms. The van der Waals surface area contributed by atoms with Crippen molar-refractivity contribution in [1.29, 1.82) is 0 Å². The monoisotopic (exact) mass is 608 g/mol. The fraction of sp³-hybridized carbons (Fsp3) is 0.462. The van der Waals surface area contributed by atoms with Crippen LogP contribution in [0, 0.1) is 18.8 Å². The first-order chi connectivity index (χ1) is 19.1. The predicted octanol–water partition coefficient (Wildman–Crippen LogP) is 2.35. The lowest BCUT2D eigenvalue weighted by Gasteiger charge is -2.39. The molecule has 2 aromatic carbocycles. The van der Waals surface area contributed by atoms with Crippen molar-refractivity contribution in [3.63, 3.8) is 0 Å². The zero-order chi connectivity index (χ0) is 28.7. The van der Waals surface area contributed by atoms with Gasteiger partial charge in [0.05, 0.1) is 45.6 Å². The third-order valence-corrected chi connectivity index (χ3v) is 8.32. The number of phenols is 1. The van der Waals surface area contributed by atoms with E-state index in [0.717, 1.165) is 16.7 Å². The number of carbonyl (C=O) groups excluding carboxylic acids is 2. The van der Waals surface area contributed by atoms with Gasteiger partial charge in [-0.15, -0.1) is 0 Å². The summed E-state index contributed by atoms with van der Waals surface area (Å²) in [6.45, 7) is 3.41. The molecule has 1 fully saturated rings. The van der Waals surface area contributed by atoms with E-state index < -0.39 is 17.9 Å². The number of ether oxygens (including phenoxy) is 4. The van der Waals surface area contributed by atoms with E-state index >= 15 is 0 Å². The number of amides is 1. The van der Waals surface area contributed by atoms with Gasteiger partial charge in [-0.1, -0.05) is 34.2 Å². The molecule has 1 saturated heterocycles. The summed E-state index contributed by atoms with van der Waals surface area (Å²) in [5.74, 6) is -0.222. The van der Waals surface area contributed by atoms with Gasteiger partial charge in [-0.05, 0) is 54.4 Å². The largest absolute Gasteiger partial charge is 0.504 e. The van der Waals surface area contributed by atoms with E-state index in [9.17, 15) is 14.7 Å². The lowest BCUT2D eigenvalue weighted by molar-refractivity contribution is -0.141. The number of fused-ring (bicyclic) bond motifs is 3. The number of rotatable bonds is 9. The summed E-state index contributed by atoms with van der Waals surface area (Å²) < 4.78 is 28.2. The van der Waals surface area contributed by atoms with E-state index in [1.807, 2.05) is 39.3 Å². The molecule has 0 radical (unpaired) electrons. The van der Waals surface area contributed by atoms with Gasteiger partial charge < -0.3 is 29.4 Å². The Morgan fingerprint density at radius 1 is 1.07 bits per heavy atom. The number of hydrogen-bond donors (Lipinski definition) is 2. The number of carbonyl (C=O) groups is 2. The molecule has 5 unspecified atom stereocenters. The topological polar surface area (TPSA) is 113 Å². The van der Waals surface area contributed by atoms with Crippen molar-refractivity contribution in [3.05, 3.63) is 46.5 Å². The highest BCUT2D eigenvalue weighted by Gasteiger charge is 2.53. The summed E-state index contributed by atoms with van der Waals surface area (Å²) >= 11 is 0. The molecule has 5 rings (SSSR count). The van der Waals surface area contributed by atoms with Crippen LogP contribution in [0.5, 0.6) is 23.0 Å². The van der Waals surface area contributed by atoms with E-state index in [1.165, 1.54) is 7.11 Å². The molecule has 2 N–H and O–H groups in total. The van der Waals surface area contributed by atoms with Gasteiger partial charge in [-0.2, -0.15) is 0 Å². The Morgan fingerprint density at radius 2 is 1.77 bits per heavy atom. The molecule has 0 saturated carbocycles. The van der Waals surface area contributed by atoms with Gasteiger partial charge in [0.2, 0.25) is 12.7 Å². The smallest absolute Gasteiger partial charge is 0.310 e. The van der Waals surface area contributed by atoms with Crippen molar-refractivity contribution in [2.75, 3.05) is 47.4 Å². The predicted molar refractivity (Wildman–Crippen MR) is 158 cm³/mol.